The maximum atomic E-state index is 11.6. The van der Waals surface area contributed by atoms with Gasteiger partial charge in [0.05, 0.1) is 0 Å². The van der Waals surface area contributed by atoms with Crippen LogP contribution in [0.15, 0.2) is 17.2 Å². The van der Waals surface area contributed by atoms with E-state index in [0.717, 1.165) is 32.0 Å². The SMILES string of the molecule is Cn1ccn(CCC2CCCNC2)c1=O. The summed E-state index contributed by atoms with van der Waals surface area (Å²) in [4.78, 5) is 11.6. The predicted octanol–water partition coefficient (Wildman–Crippen LogP) is 0.577. The van der Waals surface area contributed by atoms with Crippen LogP contribution in [-0.2, 0) is 13.6 Å². The molecule has 4 heteroatoms. The Bertz CT molecular complexity index is 360. The van der Waals surface area contributed by atoms with Gasteiger partial charge in [-0.1, -0.05) is 0 Å². The minimum Gasteiger partial charge on any atom is -0.316 e. The van der Waals surface area contributed by atoms with Gasteiger partial charge in [-0.05, 0) is 38.3 Å². The summed E-state index contributed by atoms with van der Waals surface area (Å²) >= 11 is 0. The Balaban J connectivity index is 1.87. The molecule has 1 aliphatic heterocycles. The van der Waals surface area contributed by atoms with Gasteiger partial charge >= 0.3 is 5.69 Å². The molecule has 1 aliphatic rings. The van der Waals surface area contributed by atoms with E-state index in [9.17, 15) is 4.79 Å². The number of hydrogen-bond acceptors (Lipinski definition) is 2. The summed E-state index contributed by atoms with van der Waals surface area (Å²) in [6.07, 6.45) is 7.37. The summed E-state index contributed by atoms with van der Waals surface area (Å²) in [5.74, 6) is 0.742. The van der Waals surface area contributed by atoms with Crippen LogP contribution in [0.4, 0.5) is 0 Å². The summed E-state index contributed by atoms with van der Waals surface area (Å²) in [6.45, 7) is 3.12. The minimum atomic E-state index is 0.0961. The van der Waals surface area contributed by atoms with Crippen molar-refractivity contribution in [1.29, 1.82) is 0 Å². The van der Waals surface area contributed by atoms with E-state index in [-0.39, 0.29) is 5.69 Å². The predicted molar refractivity (Wildman–Crippen MR) is 59.9 cm³/mol. The number of aromatic nitrogens is 2. The largest absolute Gasteiger partial charge is 0.327 e. The lowest BCUT2D eigenvalue weighted by molar-refractivity contribution is 0.340. The smallest absolute Gasteiger partial charge is 0.316 e. The summed E-state index contributed by atoms with van der Waals surface area (Å²) < 4.78 is 3.42. The Morgan fingerprint density at radius 3 is 3.00 bits per heavy atom. The second-order valence-electron chi connectivity index (χ2n) is 4.39. The topological polar surface area (TPSA) is 39.0 Å². The fraction of sp³-hybridized carbons (Fsp3) is 0.727. The Kier molecular flexibility index (Phi) is 3.26. The lowest BCUT2D eigenvalue weighted by atomic mass is 9.96. The first-order valence-electron chi connectivity index (χ1n) is 5.70. The van der Waals surface area contributed by atoms with E-state index in [2.05, 4.69) is 5.32 Å². The van der Waals surface area contributed by atoms with Crippen molar-refractivity contribution < 1.29 is 0 Å². The molecule has 1 saturated heterocycles. The normalized spacial score (nSPS) is 21.8. The third-order valence-electron chi connectivity index (χ3n) is 3.19. The van der Waals surface area contributed by atoms with Gasteiger partial charge in [-0.25, -0.2) is 4.79 Å². The zero-order valence-electron chi connectivity index (χ0n) is 9.28. The van der Waals surface area contributed by atoms with Crippen molar-refractivity contribution in [2.24, 2.45) is 13.0 Å². The molecule has 1 unspecified atom stereocenters. The monoisotopic (exact) mass is 209 g/mol. The molecule has 0 spiro atoms. The van der Waals surface area contributed by atoms with E-state index in [0.29, 0.717) is 0 Å². The summed E-state index contributed by atoms with van der Waals surface area (Å²) in [5, 5.41) is 3.40. The number of piperidine rings is 1. The van der Waals surface area contributed by atoms with Gasteiger partial charge in [0.15, 0.2) is 0 Å². The molecule has 1 fully saturated rings. The summed E-state index contributed by atoms with van der Waals surface area (Å²) in [7, 11) is 1.79. The molecular weight excluding hydrogens is 190 g/mol. The van der Waals surface area contributed by atoms with Gasteiger partial charge in [0.1, 0.15) is 0 Å². The second kappa shape index (κ2) is 4.66. The van der Waals surface area contributed by atoms with Gasteiger partial charge < -0.3 is 9.88 Å². The van der Waals surface area contributed by atoms with Gasteiger partial charge in [0.2, 0.25) is 0 Å². The van der Waals surface area contributed by atoms with Crippen LogP contribution >= 0.6 is 0 Å². The van der Waals surface area contributed by atoms with Crippen molar-refractivity contribution in [1.82, 2.24) is 14.5 Å². The van der Waals surface area contributed by atoms with Crippen molar-refractivity contribution in [3.8, 4) is 0 Å². The standard InChI is InChI=1S/C11H19N3O/c1-13-7-8-14(11(13)15)6-4-10-3-2-5-12-9-10/h7-8,10,12H,2-6,9H2,1H3. The van der Waals surface area contributed by atoms with Gasteiger partial charge in [0.25, 0.3) is 0 Å². The van der Waals surface area contributed by atoms with Crippen LogP contribution in [0.1, 0.15) is 19.3 Å². The molecule has 1 N–H and O–H groups in total. The van der Waals surface area contributed by atoms with Gasteiger partial charge in [-0.2, -0.15) is 0 Å². The highest BCUT2D eigenvalue weighted by Crippen LogP contribution is 2.14. The third kappa shape index (κ3) is 2.50. The lowest BCUT2D eigenvalue weighted by Gasteiger charge is -2.22. The van der Waals surface area contributed by atoms with Gasteiger partial charge in [0, 0.05) is 26.0 Å². The number of nitrogens with one attached hydrogen (secondary N) is 1. The van der Waals surface area contributed by atoms with E-state index in [1.54, 1.807) is 16.2 Å². The van der Waals surface area contributed by atoms with E-state index < -0.39 is 0 Å². The summed E-state index contributed by atoms with van der Waals surface area (Å²) in [6, 6.07) is 0. The second-order valence-corrected chi connectivity index (χ2v) is 4.39. The molecule has 0 bridgehead atoms. The van der Waals surface area contributed by atoms with Crippen LogP contribution in [0.5, 0.6) is 0 Å². The Labute approximate surface area is 89.9 Å². The maximum absolute atomic E-state index is 11.6. The first kappa shape index (κ1) is 10.5. The quantitative estimate of drug-likeness (QED) is 0.790. The van der Waals surface area contributed by atoms with Crippen molar-refractivity contribution in [2.75, 3.05) is 13.1 Å². The Hall–Kier alpha value is -1.03. The molecule has 1 aromatic heterocycles. The molecule has 0 amide bonds. The molecule has 4 nitrogen and oxygen atoms in total. The third-order valence-corrected chi connectivity index (χ3v) is 3.19. The zero-order valence-corrected chi connectivity index (χ0v) is 9.28. The molecule has 2 rings (SSSR count). The molecule has 0 radical (unpaired) electrons. The first-order valence-corrected chi connectivity index (χ1v) is 5.70. The molecule has 0 aromatic carbocycles. The van der Waals surface area contributed by atoms with Crippen molar-refractivity contribution in [2.45, 2.75) is 25.8 Å². The molecule has 1 aromatic rings. The van der Waals surface area contributed by atoms with Gasteiger partial charge in [-0.3, -0.25) is 4.57 Å². The maximum Gasteiger partial charge on any atom is 0.327 e. The highest BCUT2D eigenvalue weighted by molar-refractivity contribution is 4.80. The minimum absolute atomic E-state index is 0.0961. The van der Waals surface area contributed by atoms with Crippen LogP contribution < -0.4 is 11.0 Å². The number of rotatable bonds is 3. The highest BCUT2D eigenvalue weighted by atomic mass is 16.1. The molecular formula is C11H19N3O. The van der Waals surface area contributed by atoms with Gasteiger partial charge in [-0.15, -0.1) is 0 Å². The number of aryl methyl sites for hydroxylation is 2. The average Bonchev–Trinajstić information content (AvgIpc) is 2.59. The molecule has 15 heavy (non-hydrogen) atoms. The van der Waals surface area contributed by atoms with E-state index in [1.807, 2.05) is 12.4 Å². The molecule has 1 atom stereocenters. The molecule has 84 valence electrons. The van der Waals surface area contributed by atoms with Crippen LogP contribution in [0, 0.1) is 5.92 Å². The number of imidazole rings is 1. The lowest BCUT2D eigenvalue weighted by Crippen LogP contribution is -2.31. The van der Waals surface area contributed by atoms with Crippen LogP contribution in [0.2, 0.25) is 0 Å². The van der Waals surface area contributed by atoms with Crippen LogP contribution in [0.25, 0.3) is 0 Å². The Morgan fingerprint density at radius 1 is 1.53 bits per heavy atom. The average molecular weight is 209 g/mol. The molecule has 0 aliphatic carbocycles. The zero-order chi connectivity index (χ0) is 10.7. The summed E-state index contributed by atoms with van der Waals surface area (Å²) in [5.41, 5.74) is 0.0961. The van der Waals surface area contributed by atoms with Crippen molar-refractivity contribution in [3.05, 3.63) is 22.9 Å². The van der Waals surface area contributed by atoms with Crippen molar-refractivity contribution >= 4 is 0 Å². The van der Waals surface area contributed by atoms with E-state index >= 15 is 0 Å². The van der Waals surface area contributed by atoms with Crippen LogP contribution in [0.3, 0.4) is 0 Å². The molecule has 0 saturated carbocycles. The number of hydrogen-bond donors (Lipinski definition) is 1. The van der Waals surface area contributed by atoms with E-state index in [1.165, 1.54) is 12.8 Å². The molecule has 2 heterocycles. The van der Waals surface area contributed by atoms with Crippen LogP contribution in [-0.4, -0.2) is 22.2 Å². The first-order chi connectivity index (χ1) is 7.27. The fourth-order valence-corrected chi connectivity index (χ4v) is 2.17. The van der Waals surface area contributed by atoms with Crippen molar-refractivity contribution in [3.63, 3.8) is 0 Å². The fourth-order valence-electron chi connectivity index (χ4n) is 2.17. The Morgan fingerprint density at radius 2 is 2.40 bits per heavy atom. The van der Waals surface area contributed by atoms with E-state index in [4.69, 9.17) is 0 Å². The number of nitrogens with zero attached hydrogens (tertiary/aromatic N) is 2. The highest BCUT2D eigenvalue weighted by Gasteiger charge is 2.13.